The summed E-state index contributed by atoms with van der Waals surface area (Å²) in [4.78, 5) is 0. The second kappa shape index (κ2) is 7.89. The SMILES string of the molecule is Cc1ccccc1NCc1ccccc1OCc1ccc(Cl)cc1. The van der Waals surface area contributed by atoms with Crippen molar-refractivity contribution in [2.45, 2.75) is 20.1 Å². The molecule has 122 valence electrons. The molecule has 1 N–H and O–H groups in total. The second-order valence-electron chi connectivity index (χ2n) is 5.69. The molecule has 3 aromatic rings. The molecule has 0 aliphatic rings. The van der Waals surface area contributed by atoms with Crippen LogP contribution >= 0.6 is 11.6 Å². The molecule has 24 heavy (non-hydrogen) atoms. The molecule has 3 aromatic carbocycles. The van der Waals surface area contributed by atoms with Crippen LogP contribution in [0.15, 0.2) is 72.8 Å². The number of para-hydroxylation sites is 2. The van der Waals surface area contributed by atoms with Crippen LogP contribution in [0.5, 0.6) is 5.75 Å². The minimum absolute atomic E-state index is 0.526. The van der Waals surface area contributed by atoms with Crippen molar-refractivity contribution in [2.24, 2.45) is 0 Å². The summed E-state index contributed by atoms with van der Waals surface area (Å²) in [6, 6.07) is 24.1. The minimum Gasteiger partial charge on any atom is -0.489 e. The average molecular weight is 338 g/mol. The Hall–Kier alpha value is -2.45. The molecule has 0 aromatic heterocycles. The van der Waals surface area contributed by atoms with Gasteiger partial charge >= 0.3 is 0 Å². The van der Waals surface area contributed by atoms with E-state index in [2.05, 4.69) is 30.4 Å². The summed E-state index contributed by atoms with van der Waals surface area (Å²) in [7, 11) is 0. The zero-order valence-corrected chi connectivity index (χ0v) is 14.4. The molecule has 2 nitrogen and oxygen atoms in total. The predicted molar refractivity (Wildman–Crippen MR) is 101 cm³/mol. The number of rotatable bonds is 6. The predicted octanol–water partition coefficient (Wildman–Crippen LogP) is 5.84. The molecule has 0 heterocycles. The molecule has 0 radical (unpaired) electrons. The van der Waals surface area contributed by atoms with E-state index in [9.17, 15) is 0 Å². The van der Waals surface area contributed by atoms with Crippen molar-refractivity contribution >= 4 is 17.3 Å². The van der Waals surface area contributed by atoms with E-state index in [0.717, 1.165) is 34.1 Å². The van der Waals surface area contributed by atoms with Crippen molar-refractivity contribution in [3.63, 3.8) is 0 Å². The van der Waals surface area contributed by atoms with Crippen LogP contribution in [-0.2, 0) is 13.2 Å². The number of nitrogens with one attached hydrogen (secondary N) is 1. The fourth-order valence-corrected chi connectivity index (χ4v) is 2.62. The molecule has 0 unspecified atom stereocenters. The lowest BCUT2D eigenvalue weighted by atomic mass is 10.1. The van der Waals surface area contributed by atoms with Crippen molar-refractivity contribution in [1.82, 2.24) is 0 Å². The van der Waals surface area contributed by atoms with Gasteiger partial charge in [0.1, 0.15) is 12.4 Å². The van der Waals surface area contributed by atoms with Gasteiger partial charge in [-0.25, -0.2) is 0 Å². The van der Waals surface area contributed by atoms with Gasteiger partial charge in [-0.05, 0) is 42.3 Å². The first-order valence-electron chi connectivity index (χ1n) is 7.97. The Labute approximate surface area is 148 Å². The molecule has 0 bridgehead atoms. The summed E-state index contributed by atoms with van der Waals surface area (Å²) in [5, 5.41) is 4.22. The standard InChI is InChI=1S/C21H20ClNO/c1-16-6-2-4-8-20(16)23-14-18-7-3-5-9-21(18)24-15-17-10-12-19(22)13-11-17/h2-13,23H,14-15H2,1H3. The van der Waals surface area contributed by atoms with Gasteiger partial charge in [-0.1, -0.05) is 60.1 Å². The lowest BCUT2D eigenvalue weighted by Gasteiger charge is -2.14. The molecule has 0 amide bonds. The van der Waals surface area contributed by atoms with Crippen LogP contribution < -0.4 is 10.1 Å². The summed E-state index contributed by atoms with van der Waals surface area (Å²) in [6.45, 7) is 3.35. The van der Waals surface area contributed by atoms with Crippen LogP contribution in [0.3, 0.4) is 0 Å². The molecule has 0 spiro atoms. The van der Waals surface area contributed by atoms with Crippen LogP contribution in [0.25, 0.3) is 0 Å². The summed E-state index contributed by atoms with van der Waals surface area (Å²) < 4.78 is 6.00. The van der Waals surface area contributed by atoms with E-state index >= 15 is 0 Å². The third kappa shape index (κ3) is 4.30. The van der Waals surface area contributed by atoms with E-state index in [4.69, 9.17) is 16.3 Å². The van der Waals surface area contributed by atoms with E-state index in [-0.39, 0.29) is 0 Å². The maximum atomic E-state index is 6.00. The number of ether oxygens (including phenoxy) is 1. The van der Waals surface area contributed by atoms with E-state index < -0.39 is 0 Å². The van der Waals surface area contributed by atoms with E-state index in [0.29, 0.717) is 6.61 Å². The zero-order chi connectivity index (χ0) is 16.8. The Morgan fingerprint density at radius 1 is 0.875 bits per heavy atom. The Morgan fingerprint density at radius 3 is 2.38 bits per heavy atom. The van der Waals surface area contributed by atoms with Crippen molar-refractivity contribution in [1.29, 1.82) is 0 Å². The molecule has 0 aliphatic carbocycles. The van der Waals surface area contributed by atoms with Gasteiger partial charge in [-0.2, -0.15) is 0 Å². The van der Waals surface area contributed by atoms with E-state index in [1.807, 2.05) is 54.6 Å². The molecule has 0 fully saturated rings. The smallest absolute Gasteiger partial charge is 0.124 e. The van der Waals surface area contributed by atoms with Crippen molar-refractivity contribution in [3.8, 4) is 5.75 Å². The first kappa shape index (κ1) is 16.4. The summed E-state index contributed by atoms with van der Waals surface area (Å²) >= 11 is 5.92. The van der Waals surface area contributed by atoms with Gasteiger partial charge in [0.15, 0.2) is 0 Å². The molecule has 0 atom stereocenters. The van der Waals surface area contributed by atoms with Crippen molar-refractivity contribution in [3.05, 3.63) is 94.5 Å². The molecule has 0 saturated heterocycles. The normalized spacial score (nSPS) is 10.4. The van der Waals surface area contributed by atoms with E-state index in [1.54, 1.807) is 0 Å². The monoisotopic (exact) mass is 337 g/mol. The summed E-state index contributed by atoms with van der Waals surface area (Å²) in [5.41, 5.74) is 4.61. The minimum atomic E-state index is 0.526. The first-order valence-corrected chi connectivity index (χ1v) is 8.35. The second-order valence-corrected chi connectivity index (χ2v) is 6.13. The zero-order valence-electron chi connectivity index (χ0n) is 13.6. The van der Waals surface area contributed by atoms with Crippen molar-refractivity contribution < 1.29 is 4.74 Å². The largest absolute Gasteiger partial charge is 0.489 e. The molecule has 3 rings (SSSR count). The first-order chi connectivity index (χ1) is 11.7. The summed E-state index contributed by atoms with van der Waals surface area (Å²) in [5.74, 6) is 0.897. The highest BCUT2D eigenvalue weighted by molar-refractivity contribution is 6.30. The average Bonchev–Trinajstić information content (AvgIpc) is 2.61. The van der Waals surface area contributed by atoms with E-state index in [1.165, 1.54) is 5.56 Å². The number of benzene rings is 3. The number of aryl methyl sites for hydroxylation is 1. The summed E-state index contributed by atoms with van der Waals surface area (Å²) in [6.07, 6.45) is 0. The van der Waals surface area contributed by atoms with Gasteiger partial charge < -0.3 is 10.1 Å². The lowest BCUT2D eigenvalue weighted by molar-refractivity contribution is 0.303. The van der Waals surface area contributed by atoms with Gasteiger partial charge in [-0.15, -0.1) is 0 Å². The van der Waals surface area contributed by atoms with Crippen LogP contribution in [0.1, 0.15) is 16.7 Å². The van der Waals surface area contributed by atoms with Gasteiger partial charge in [0.05, 0.1) is 0 Å². The fraction of sp³-hybridized carbons (Fsp3) is 0.143. The number of hydrogen-bond acceptors (Lipinski definition) is 2. The molecular weight excluding hydrogens is 318 g/mol. The highest BCUT2D eigenvalue weighted by atomic mass is 35.5. The fourth-order valence-electron chi connectivity index (χ4n) is 2.49. The van der Waals surface area contributed by atoms with Crippen LogP contribution in [0.2, 0.25) is 5.02 Å². The Kier molecular flexibility index (Phi) is 5.39. The molecule has 3 heteroatoms. The quantitative estimate of drug-likeness (QED) is 0.610. The topological polar surface area (TPSA) is 21.3 Å². The molecular formula is C21H20ClNO. The van der Waals surface area contributed by atoms with Gasteiger partial charge in [0, 0.05) is 22.8 Å². The number of hydrogen-bond donors (Lipinski definition) is 1. The molecule has 0 aliphatic heterocycles. The lowest BCUT2D eigenvalue weighted by Crippen LogP contribution is -2.04. The Morgan fingerprint density at radius 2 is 1.58 bits per heavy atom. The molecule has 0 saturated carbocycles. The third-order valence-electron chi connectivity index (χ3n) is 3.89. The number of halogens is 1. The maximum Gasteiger partial charge on any atom is 0.124 e. The van der Waals surface area contributed by atoms with Gasteiger partial charge in [0.2, 0.25) is 0 Å². The number of anilines is 1. The van der Waals surface area contributed by atoms with Gasteiger partial charge in [-0.3, -0.25) is 0 Å². The Balaban J connectivity index is 1.66. The highest BCUT2D eigenvalue weighted by Gasteiger charge is 2.04. The van der Waals surface area contributed by atoms with Crippen LogP contribution in [0, 0.1) is 6.92 Å². The third-order valence-corrected chi connectivity index (χ3v) is 4.15. The highest BCUT2D eigenvalue weighted by Crippen LogP contribution is 2.22. The van der Waals surface area contributed by atoms with Crippen LogP contribution in [-0.4, -0.2) is 0 Å². The maximum absolute atomic E-state index is 6.00. The van der Waals surface area contributed by atoms with Crippen molar-refractivity contribution in [2.75, 3.05) is 5.32 Å². The van der Waals surface area contributed by atoms with Gasteiger partial charge in [0.25, 0.3) is 0 Å². The van der Waals surface area contributed by atoms with Crippen LogP contribution in [0.4, 0.5) is 5.69 Å². The Bertz CT molecular complexity index is 799.